The monoisotopic (exact) mass is 441 g/mol. The third-order valence-corrected chi connectivity index (χ3v) is 5.26. The highest BCUT2D eigenvalue weighted by Crippen LogP contribution is 2.31. The Kier molecular flexibility index (Phi) is 7.22. The van der Waals surface area contributed by atoms with Gasteiger partial charge in [0.05, 0.1) is 18.3 Å². The number of nitrogens with zero attached hydrogens (tertiary/aromatic N) is 4. The normalized spacial score (nSPS) is 12.4. The second-order valence-electron chi connectivity index (χ2n) is 8.00. The Hall–Kier alpha value is -3.30. The van der Waals surface area contributed by atoms with E-state index in [9.17, 15) is 14.3 Å². The van der Waals surface area contributed by atoms with Crippen molar-refractivity contribution in [3.8, 4) is 5.75 Å². The Morgan fingerprint density at radius 1 is 1.25 bits per heavy atom. The SMILES string of the molecule is COc1cc2ncnc(Nc3cccc(C)c3F)c2cc1CN(C)[C@@H](CN(C)C)C(=O)O. The predicted octanol–water partition coefficient (Wildman–Crippen LogP) is 3.28. The Balaban J connectivity index is 2.01. The zero-order valence-corrected chi connectivity index (χ0v) is 18.9. The molecule has 0 unspecified atom stereocenters. The molecule has 0 amide bonds. The summed E-state index contributed by atoms with van der Waals surface area (Å²) in [5.41, 5.74) is 2.24. The number of anilines is 2. The molecule has 3 aromatic rings. The zero-order chi connectivity index (χ0) is 23.4. The van der Waals surface area contributed by atoms with Crippen LogP contribution in [0, 0.1) is 12.7 Å². The average Bonchev–Trinajstić information content (AvgIpc) is 2.74. The zero-order valence-electron chi connectivity index (χ0n) is 18.9. The molecule has 2 N–H and O–H groups in total. The van der Waals surface area contributed by atoms with E-state index in [1.807, 2.05) is 25.1 Å². The first kappa shape index (κ1) is 23.4. The van der Waals surface area contributed by atoms with Crippen LogP contribution in [0.15, 0.2) is 36.7 Å². The maximum atomic E-state index is 14.5. The minimum Gasteiger partial charge on any atom is -0.496 e. The molecule has 9 heteroatoms. The standard InChI is InChI=1S/C23H28FN5O3/c1-14-7-6-8-17(21(14)24)27-22-16-9-15(20(32-5)10-18(16)25-13-26-22)11-29(4)19(23(30)31)12-28(2)3/h6-10,13,19H,11-12H2,1-5H3,(H,30,31)(H,25,26,27)/t19-/m0/s1. The van der Waals surface area contributed by atoms with Crippen molar-refractivity contribution in [2.24, 2.45) is 0 Å². The molecule has 0 bridgehead atoms. The molecule has 0 saturated carbocycles. The first-order valence-corrected chi connectivity index (χ1v) is 10.1. The number of ether oxygens (including phenoxy) is 1. The molecular formula is C23H28FN5O3. The number of carboxylic acid groups (broad SMARTS) is 1. The highest BCUT2D eigenvalue weighted by molar-refractivity contribution is 5.92. The van der Waals surface area contributed by atoms with Crippen molar-refractivity contribution in [2.75, 3.05) is 40.1 Å². The molecule has 8 nitrogen and oxygen atoms in total. The highest BCUT2D eigenvalue weighted by atomic mass is 19.1. The number of nitrogens with one attached hydrogen (secondary N) is 1. The maximum Gasteiger partial charge on any atom is 0.322 e. The van der Waals surface area contributed by atoms with Gasteiger partial charge in [0.1, 0.15) is 29.8 Å². The highest BCUT2D eigenvalue weighted by Gasteiger charge is 2.24. The average molecular weight is 442 g/mol. The van der Waals surface area contributed by atoms with Crippen LogP contribution in [0.5, 0.6) is 5.75 Å². The number of likely N-dealkylation sites (N-methyl/N-ethyl adjacent to an activating group) is 2. The van der Waals surface area contributed by atoms with E-state index in [4.69, 9.17) is 4.74 Å². The van der Waals surface area contributed by atoms with Gasteiger partial charge in [0.2, 0.25) is 0 Å². The minimum absolute atomic E-state index is 0.316. The number of carboxylic acids is 1. The summed E-state index contributed by atoms with van der Waals surface area (Å²) < 4.78 is 20.1. The number of fused-ring (bicyclic) bond motifs is 1. The van der Waals surface area contributed by atoms with Gasteiger partial charge >= 0.3 is 5.97 Å². The Morgan fingerprint density at radius 2 is 2.00 bits per heavy atom. The number of benzene rings is 2. The Bertz CT molecular complexity index is 1120. The summed E-state index contributed by atoms with van der Waals surface area (Å²) in [6.45, 7) is 2.39. The van der Waals surface area contributed by atoms with Crippen LogP contribution in [0.25, 0.3) is 10.9 Å². The number of aryl methyl sites for hydroxylation is 1. The Morgan fingerprint density at radius 3 is 2.66 bits per heavy atom. The van der Waals surface area contributed by atoms with Crippen LogP contribution in [-0.2, 0) is 11.3 Å². The molecule has 0 radical (unpaired) electrons. The smallest absolute Gasteiger partial charge is 0.322 e. The van der Waals surface area contributed by atoms with E-state index in [1.165, 1.54) is 6.33 Å². The van der Waals surface area contributed by atoms with Crippen molar-refractivity contribution < 1.29 is 19.0 Å². The number of halogens is 1. The van der Waals surface area contributed by atoms with Gasteiger partial charge in [-0.2, -0.15) is 0 Å². The second kappa shape index (κ2) is 9.88. The van der Waals surface area contributed by atoms with Crippen LogP contribution in [0.4, 0.5) is 15.9 Å². The van der Waals surface area contributed by atoms with Gasteiger partial charge in [0.25, 0.3) is 0 Å². The van der Waals surface area contributed by atoms with Gasteiger partial charge in [-0.05, 0) is 45.8 Å². The van der Waals surface area contributed by atoms with Crippen molar-refractivity contribution >= 4 is 28.4 Å². The second-order valence-corrected chi connectivity index (χ2v) is 8.00. The predicted molar refractivity (Wildman–Crippen MR) is 122 cm³/mol. The number of methoxy groups -OCH3 is 1. The molecule has 0 saturated heterocycles. The maximum absolute atomic E-state index is 14.5. The molecule has 1 atom stereocenters. The fourth-order valence-electron chi connectivity index (χ4n) is 3.54. The number of rotatable bonds is 9. The van der Waals surface area contributed by atoms with Crippen LogP contribution in [-0.4, -0.2) is 71.7 Å². The van der Waals surface area contributed by atoms with Crippen molar-refractivity contribution in [1.82, 2.24) is 19.8 Å². The molecule has 170 valence electrons. The molecule has 0 fully saturated rings. The fourth-order valence-corrected chi connectivity index (χ4v) is 3.54. The molecule has 0 spiro atoms. The number of carbonyl (C=O) groups is 1. The molecule has 32 heavy (non-hydrogen) atoms. The summed E-state index contributed by atoms with van der Waals surface area (Å²) in [4.78, 5) is 24.0. The number of hydrogen-bond acceptors (Lipinski definition) is 7. The lowest BCUT2D eigenvalue weighted by Crippen LogP contribution is -2.44. The van der Waals surface area contributed by atoms with Gasteiger partial charge in [0, 0.05) is 30.1 Å². The number of aromatic nitrogens is 2. The molecule has 0 aliphatic heterocycles. The summed E-state index contributed by atoms with van der Waals surface area (Å²) in [5.74, 6) is -0.207. The largest absolute Gasteiger partial charge is 0.496 e. The number of aliphatic carboxylic acids is 1. The number of hydrogen-bond donors (Lipinski definition) is 2. The van der Waals surface area contributed by atoms with Crippen molar-refractivity contribution in [3.63, 3.8) is 0 Å². The molecule has 3 rings (SSSR count). The third-order valence-electron chi connectivity index (χ3n) is 5.26. The summed E-state index contributed by atoms with van der Waals surface area (Å²) in [6, 6.07) is 8.05. The van der Waals surface area contributed by atoms with Gasteiger partial charge in [-0.3, -0.25) is 9.69 Å². The van der Waals surface area contributed by atoms with Crippen molar-refractivity contribution in [3.05, 3.63) is 53.6 Å². The summed E-state index contributed by atoms with van der Waals surface area (Å²) in [7, 11) is 6.98. The fraction of sp³-hybridized carbons (Fsp3) is 0.348. The summed E-state index contributed by atoms with van der Waals surface area (Å²) >= 11 is 0. The molecule has 0 aliphatic rings. The van der Waals surface area contributed by atoms with Crippen molar-refractivity contribution in [2.45, 2.75) is 19.5 Å². The van der Waals surface area contributed by atoms with Crippen LogP contribution in [0.1, 0.15) is 11.1 Å². The van der Waals surface area contributed by atoms with Crippen LogP contribution < -0.4 is 10.1 Å². The van der Waals surface area contributed by atoms with E-state index < -0.39 is 12.0 Å². The Labute approximate surface area is 186 Å². The molecular weight excluding hydrogens is 413 g/mol. The van der Waals surface area contributed by atoms with Gasteiger partial charge in [0.15, 0.2) is 0 Å². The van der Waals surface area contributed by atoms with E-state index in [1.54, 1.807) is 50.2 Å². The van der Waals surface area contributed by atoms with E-state index in [0.717, 1.165) is 5.56 Å². The van der Waals surface area contributed by atoms with E-state index >= 15 is 0 Å². The van der Waals surface area contributed by atoms with Gasteiger partial charge in [-0.1, -0.05) is 12.1 Å². The van der Waals surface area contributed by atoms with Gasteiger partial charge in [-0.15, -0.1) is 0 Å². The van der Waals surface area contributed by atoms with Gasteiger partial charge < -0.3 is 20.1 Å². The summed E-state index contributed by atoms with van der Waals surface area (Å²) in [5, 5.41) is 13.4. The lowest BCUT2D eigenvalue weighted by atomic mass is 10.1. The van der Waals surface area contributed by atoms with E-state index in [0.29, 0.717) is 46.8 Å². The van der Waals surface area contributed by atoms with Crippen LogP contribution >= 0.6 is 0 Å². The first-order valence-electron chi connectivity index (χ1n) is 10.1. The molecule has 2 aromatic carbocycles. The molecule has 1 aromatic heterocycles. The summed E-state index contributed by atoms with van der Waals surface area (Å²) in [6.07, 6.45) is 1.40. The van der Waals surface area contributed by atoms with Crippen LogP contribution in [0.2, 0.25) is 0 Å². The van der Waals surface area contributed by atoms with E-state index in [-0.39, 0.29) is 5.82 Å². The molecule has 1 heterocycles. The van der Waals surface area contributed by atoms with Crippen LogP contribution in [0.3, 0.4) is 0 Å². The first-order chi connectivity index (χ1) is 15.2. The van der Waals surface area contributed by atoms with Gasteiger partial charge in [-0.25, -0.2) is 14.4 Å². The minimum atomic E-state index is -0.901. The topological polar surface area (TPSA) is 90.8 Å². The molecule has 0 aliphatic carbocycles. The van der Waals surface area contributed by atoms with Crippen molar-refractivity contribution in [1.29, 1.82) is 0 Å². The lowest BCUT2D eigenvalue weighted by Gasteiger charge is -2.27. The lowest BCUT2D eigenvalue weighted by molar-refractivity contribution is -0.143. The third kappa shape index (κ3) is 5.12. The quantitative estimate of drug-likeness (QED) is 0.523. The van der Waals surface area contributed by atoms with E-state index in [2.05, 4.69) is 15.3 Å².